The monoisotopic (exact) mass is 267 g/mol. The first kappa shape index (κ1) is 14.8. The smallest absolute Gasteiger partial charge is 0.0297 e. The summed E-state index contributed by atoms with van der Waals surface area (Å²) in [5.41, 5.74) is 6.69. The van der Waals surface area contributed by atoms with Crippen LogP contribution in [0, 0.1) is 13.8 Å². The number of nitrogens with one attached hydrogen (secondary N) is 1. The van der Waals surface area contributed by atoms with Gasteiger partial charge in [-0.3, -0.25) is 0 Å². The fraction of sp³-hybridized carbons (Fsp3) is 0.368. The molecule has 0 aliphatic heterocycles. The summed E-state index contributed by atoms with van der Waals surface area (Å²) >= 11 is 0. The highest BCUT2D eigenvalue weighted by atomic mass is 14.9. The Kier molecular flexibility index (Phi) is 4.97. The number of aryl methyl sites for hydroxylation is 2. The lowest BCUT2D eigenvalue weighted by atomic mass is 9.93. The van der Waals surface area contributed by atoms with Gasteiger partial charge in [0.1, 0.15) is 0 Å². The van der Waals surface area contributed by atoms with Crippen molar-refractivity contribution in [3.63, 3.8) is 0 Å². The minimum Gasteiger partial charge on any atom is -0.310 e. The molecule has 2 aromatic carbocycles. The molecule has 1 unspecified atom stereocenters. The van der Waals surface area contributed by atoms with Crippen LogP contribution in [0.3, 0.4) is 0 Å². The predicted octanol–water partition coefficient (Wildman–Crippen LogP) is 5.03. The maximum atomic E-state index is 3.59. The Bertz CT molecular complexity index is 551. The highest BCUT2D eigenvalue weighted by Gasteiger charge is 2.11. The fourth-order valence-corrected chi connectivity index (χ4v) is 2.74. The molecule has 0 aliphatic carbocycles. The minimum atomic E-state index is 0.381. The van der Waals surface area contributed by atoms with E-state index in [0.29, 0.717) is 6.04 Å². The van der Waals surface area contributed by atoms with Crippen molar-refractivity contribution in [1.82, 2.24) is 5.32 Å². The molecule has 1 heteroatoms. The average Bonchev–Trinajstić information content (AvgIpc) is 2.43. The molecule has 0 amide bonds. The van der Waals surface area contributed by atoms with Gasteiger partial charge in [-0.15, -0.1) is 0 Å². The highest BCUT2D eigenvalue weighted by molar-refractivity contribution is 5.69. The van der Waals surface area contributed by atoms with Crippen molar-refractivity contribution >= 4 is 0 Å². The van der Waals surface area contributed by atoms with E-state index in [0.717, 1.165) is 13.0 Å². The topological polar surface area (TPSA) is 12.0 Å². The van der Waals surface area contributed by atoms with Crippen LogP contribution in [-0.2, 0) is 0 Å². The lowest BCUT2D eigenvalue weighted by Gasteiger charge is -2.18. The van der Waals surface area contributed by atoms with Gasteiger partial charge in [0, 0.05) is 6.04 Å². The Hall–Kier alpha value is -1.60. The first-order valence-electron chi connectivity index (χ1n) is 7.52. The molecule has 1 atom stereocenters. The quantitative estimate of drug-likeness (QED) is 0.801. The molecule has 0 aliphatic rings. The third kappa shape index (κ3) is 3.49. The van der Waals surface area contributed by atoms with Gasteiger partial charge in [0.15, 0.2) is 0 Å². The lowest BCUT2D eigenvalue weighted by molar-refractivity contribution is 0.572. The molecule has 0 spiro atoms. The Labute approximate surface area is 123 Å². The van der Waals surface area contributed by atoms with E-state index in [1.54, 1.807) is 0 Å². The van der Waals surface area contributed by atoms with Crippen molar-refractivity contribution in [1.29, 1.82) is 0 Å². The summed E-state index contributed by atoms with van der Waals surface area (Å²) in [5.74, 6) is 0. The van der Waals surface area contributed by atoms with Gasteiger partial charge in [0.05, 0.1) is 0 Å². The zero-order valence-corrected chi connectivity index (χ0v) is 13.0. The van der Waals surface area contributed by atoms with Crippen molar-refractivity contribution in [2.24, 2.45) is 0 Å². The largest absolute Gasteiger partial charge is 0.310 e. The van der Waals surface area contributed by atoms with Crippen molar-refractivity contribution in [2.45, 2.75) is 40.2 Å². The average molecular weight is 267 g/mol. The molecule has 1 N–H and O–H groups in total. The van der Waals surface area contributed by atoms with E-state index in [2.05, 4.69) is 75.5 Å². The van der Waals surface area contributed by atoms with Gasteiger partial charge in [-0.25, -0.2) is 0 Å². The molecule has 2 aromatic rings. The van der Waals surface area contributed by atoms with Crippen LogP contribution in [0.4, 0.5) is 0 Å². The molecule has 0 saturated carbocycles. The van der Waals surface area contributed by atoms with Gasteiger partial charge in [0.25, 0.3) is 0 Å². The van der Waals surface area contributed by atoms with E-state index >= 15 is 0 Å². The fourth-order valence-electron chi connectivity index (χ4n) is 2.74. The molecular weight excluding hydrogens is 242 g/mol. The van der Waals surface area contributed by atoms with E-state index in [1.807, 2.05) is 0 Å². The van der Waals surface area contributed by atoms with E-state index in [1.165, 1.54) is 27.8 Å². The molecule has 106 valence electrons. The van der Waals surface area contributed by atoms with Crippen molar-refractivity contribution in [2.75, 3.05) is 6.54 Å². The molecule has 0 aromatic heterocycles. The summed E-state index contributed by atoms with van der Waals surface area (Å²) in [4.78, 5) is 0. The number of rotatable bonds is 5. The van der Waals surface area contributed by atoms with Crippen LogP contribution in [0.2, 0.25) is 0 Å². The normalized spacial score (nSPS) is 12.4. The van der Waals surface area contributed by atoms with Gasteiger partial charge in [0.2, 0.25) is 0 Å². The summed E-state index contributed by atoms with van der Waals surface area (Å²) in [6.07, 6.45) is 1.16. The molecule has 2 rings (SSSR count). The van der Waals surface area contributed by atoms with E-state index in [-0.39, 0.29) is 0 Å². The second-order valence-corrected chi connectivity index (χ2v) is 5.64. The van der Waals surface area contributed by atoms with Crippen LogP contribution in [0.5, 0.6) is 0 Å². The molecule has 1 nitrogen and oxygen atoms in total. The SMILES string of the molecule is CCCNC(C)c1ccccc1-c1cc(C)cc(C)c1. The first-order chi connectivity index (χ1) is 9.61. The summed E-state index contributed by atoms with van der Waals surface area (Å²) in [7, 11) is 0. The Morgan fingerprint density at radius 2 is 1.65 bits per heavy atom. The van der Waals surface area contributed by atoms with Crippen LogP contribution in [-0.4, -0.2) is 6.54 Å². The molecule has 0 fully saturated rings. The van der Waals surface area contributed by atoms with E-state index in [4.69, 9.17) is 0 Å². The lowest BCUT2D eigenvalue weighted by Crippen LogP contribution is -2.19. The Morgan fingerprint density at radius 1 is 1.00 bits per heavy atom. The van der Waals surface area contributed by atoms with Gasteiger partial charge in [-0.2, -0.15) is 0 Å². The van der Waals surface area contributed by atoms with Crippen LogP contribution in [0.25, 0.3) is 11.1 Å². The van der Waals surface area contributed by atoms with Crippen molar-refractivity contribution < 1.29 is 0 Å². The number of benzene rings is 2. The third-order valence-corrected chi connectivity index (χ3v) is 3.66. The van der Waals surface area contributed by atoms with E-state index < -0.39 is 0 Å². The maximum absolute atomic E-state index is 3.59. The zero-order chi connectivity index (χ0) is 14.5. The summed E-state index contributed by atoms with van der Waals surface area (Å²) in [6.45, 7) is 9.84. The minimum absolute atomic E-state index is 0.381. The van der Waals surface area contributed by atoms with Gasteiger partial charge in [-0.1, -0.05) is 60.5 Å². The third-order valence-electron chi connectivity index (χ3n) is 3.66. The van der Waals surface area contributed by atoms with Gasteiger partial charge < -0.3 is 5.32 Å². The summed E-state index contributed by atoms with van der Waals surface area (Å²) < 4.78 is 0. The van der Waals surface area contributed by atoms with E-state index in [9.17, 15) is 0 Å². The second-order valence-electron chi connectivity index (χ2n) is 5.64. The van der Waals surface area contributed by atoms with Crippen LogP contribution >= 0.6 is 0 Å². The van der Waals surface area contributed by atoms with Crippen LogP contribution in [0.15, 0.2) is 42.5 Å². The predicted molar refractivity (Wildman–Crippen MR) is 88.1 cm³/mol. The molecule has 0 saturated heterocycles. The summed E-state index contributed by atoms with van der Waals surface area (Å²) in [6, 6.07) is 15.9. The van der Waals surface area contributed by atoms with Crippen LogP contribution in [0.1, 0.15) is 43.0 Å². The van der Waals surface area contributed by atoms with Gasteiger partial charge >= 0.3 is 0 Å². The Balaban J connectivity index is 2.41. The maximum Gasteiger partial charge on any atom is 0.0297 e. The number of hydrogen-bond donors (Lipinski definition) is 1. The van der Waals surface area contributed by atoms with Crippen molar-refractivity contribution in [3.05, 3.63) is 59.2 Å². The number of hydrogen-bond acceptors (Lipinski definition) is 1. The second kappa shape index (κ2) is 6.71. The Morgan fingerprint density at radius 3 is 2.30 bits per heavy atom. The van der Waals surface area contributed by atoms with Crippen LogP contribution < -0.4 is 5.32 Å². The zero-order valence-electron chi connectivity index (χ0n) is 13.0. The molecule has 0 heterocycles. The summed E-state index contributed by atoms with van der Waals surface area (Å²) in [5, 5.41) is 3.59. The van der Waals surface area contributed by atoms with Gasteiger partial charge in [-0.05, 0) is 50.4 Å². The highest BCUT2D eigenvalue weighted by Crippen LogP contribution is 2.29. The molecule has 0 bridgehead atoms. The molecule has 0 radical (unpaired) electrons. The first-order valence-corrected chi connectivity index (χ1v) is 7.52. The molecular formula is C19H25N. The molecule has 20 heavy (non-hydrogen) atoms. The standard InChI is InChI=1S/C19H25N/c1-5-10-20-16(4)18-8-6-7-9-19(18)17-12-14(2)11-15(3)13-17/h6-9,11-13,16,20H,5,10H2,1-4H3. The van der Waals surface area contributed by atoms with Crippen molar-refractivity contribution in [3.8, 4) is 11.1 Å².